The maximum Gasteiger partial charge on any atom is 0.128 e. The van der Waals surface area contributed by atoms with E-state index in [9.17, 15) is 0 Å². The summed E-state index contributed by atoms with van der Waals surface area (Å²) in [5.41, 5.74) is 0.723. The standard InChI is InChI=1S/C13H20N2O2/c1-15(9-11-5-7-17-8-6-11)13-4-2-3-12(10-16)14-13/h2-4,11,16H,5-10H2,1H3. The number of anilines is 1. The Morgan fingerprint density at radius 3 is 2.88 bits per heavy atom. The Hall–Kier alpha value is -1.13. The molecule has 17 heavy (non-hydrogen) atoms. The highest BCUT2D eigenvalue weighted by Crippen LogP contribution is 2.18. The van der Waals surface area contributed by atoms with E-state index in [1.54, 1.807) is 0 Å². The van der Waals surface area contributed by atoms with Crippen LogP contribution in [0.1, 0.15) is 18.5 Å². The van der Waals surface area contributed by atoms with E-state index in [4.69, 9.17) is 9.84 Å². The lowest BCUT2D eigenvalue weighted by Crippen LogP contribution is -2.30. The minimum atomic E-state index is -0.00104. The van der Waals surface area contributed by atoms with Crippen molar-refractivity contribution in [1.82, 2.24) is 4.98 Å². The van der Waals surface area contributed by atoms with Crippen LogP contribution in [0.5, 0.6) is 0 Å². The molecule has 1 aromatic heterocycles. The fourth-order valence-electron chi connectivity index (χ4n) is 2.18. The smallest absolute Gasteiger partial charge is 0.128 e. The lowest BCUT2D eigenvalue weighted by Gasteiger charge is -2.27. The van der Waals surface area contributed by atoms with Gasteiger partial charge in [-0.1, -0.05) is 6.07 Å². The van der Waals surface area contributed by atoms with Crippen LogP contribution in [0.2, 0.25) is 0 Å². The molecule has 0 bridgehead atoms. The Balaban J connectivity index is 1.95. The minimum Gasteiger partial charge on any atom is -0.390 e. The van der Waals surface area contributed by atoms with Gasteiger partial charge < -0.3 is 14.7 Å². The van der Waals surface area contributed by atoms with E-state index < -0.39 is 0 Å². The van der Waals surface area contributed by atoms with Gasteiger partial charge in [0, 0.05) is 26.8 Å². The molecule has 1 N–H and O–H groups in total. The molecule has 0 aliphatic carbocycles. The lowest BCUT2D eigenvalue weighted by atomic mass is 10.00. The molecule has 1 aliphatic rings. The van der Waals surface area contributed by atoms with E-state index in [1.807, 2.05) is 18.2 Å². The molecule has 1 aromatic rings. The minimum absolute atomic E-state index is 0.00104. The van der Waals surface area contributed by atoms with Crippen LogP contribution < -0.4 is 4.90 Å². The highest BCUT2D eigenvalue weighted by molar-refractivity contribution is 5.38. The van der Waals surface area contributed by atoms with Gasteiger partial charge in [-0.25, -0.2) is 4.98 Å². The second kappa shape index (κ2) is 5.98. The van der Waals surface area contributed by atoms with Crippen LogP contribution in [-0.4, -0.2) is 36.9 Å². The molecule has 1 saturated heterocycles. The zero-order valence-corrected chi connectivity index (χ0v) is 10.3. The SMILES string of the molecule is CN(CC1CCOCC1)c1cccc(CO)n1. The molecule has 0 atom stereocenters. The summed E-state index contributed by atoms with van der Waals surface area (Å²) in [5, 5.41) is 9.07. The quantitative estimate of drug-likeness (QED) is 0.859. The Morgan fingerprint density at radius 2 is 2.18 bits per heavy atom. The Morgan fingerprint density at radius 1 is 1.41 bits per heavy atom. The number of aliphatic hydroxyl groups is 1. The summed E-state index contributed by atoms with van der Waals surface area (Å²) in [6.07, 6.45) is 2.26. The van der Waals surface area contributed by atoms with Crippen LogP contribution >= 0.6 is 0 Å². The Kier molecular flexibility index (Phi) is 4.34. The molecule has 0 saturated carbocycles. The van der Waals surface area contributed by atoms with E-state index in [2.05, 4.69) is 16.9 Å². The molecule has 0 amide bonds. The van der Waals surface area contributed by atoms with Crippen molar-refractivity contribution in [1.29, 1.82) is 0 Å². The number of pyridine rings is 1. The molecule has 94 valence electrons. The first-order valence-corrected chi connectivity index (χ1v) is 6.15. The van der Waals surface area contributed by atoms with Gasteiger partial charge in [-0.2, -0.15) is 0 Å². The van der Waals surface area contributed by atoms with Gasteiger partial charge in [-0.3, -0.25) is 0 Å². The maximum atomic E-state index is 9.07. The number of ether oxygens (including phenoxy) is 1. The molecule has 2 heterocycles. The van der Waals surface area contributed by atoms with Gasteiger partial charge in [0.1, 0.15) is 5.82 Å². The van der Waals surface area contributed by atoms with Crippen LogP contribution in [0.15, 0.2) is 18.2 Å². The van der Waals surface area contributed by atoms with Crippen LogP contribution in [0.3, 0.4) is 0 Å². The summed E-state index contributed by atoms with van der Waals surface area (Å²) in [4.78, 5) is 6.56. The van der Waals surface area contributed by atoms with E-state index >= 15 is 0 Å². The van der Waals surface area contributed by atoms with E-state index in [-0.39, 0.29) is 6.61 Å². The Bertz CT molecular complexity index is 351. The summed E-state index contributed by atoms with van der Waals surface area (Å²) >= 11 is 0. The maximum absolute atomic E-state index is 9.07. The summed E-state index contributed by atoms with van der Waals surface area (Å²) in [5.74, 6) is 1.62. The predicted molar refractivity (Wildman–Crippen MR) is 67.0 cm³/mol. The van der Waals surface area contributed by atoms with Crippen molar-refractivity contribution in [3.63, 3.8) is 0 Å². The summed E-state index contributed by atoms with van der Waals surface area (Å²) in [6, 6.07) is 5.76. The van der Waals surface area contributed by atoms with Gasteiger partial charge in [0.2, 0.25) is 0 Å². The molecule has 2 rings (SSSR count). The van der Waals surface area contributed by atoms with Crippen LogP contribution in [-0.2, 0) is 11.3 Å². The van der Waals surface area contributed by atoms with Crippen molar-refractivity contribution < 1.29 is 9.84 Å². The van der Waals surface area contributed by atoms with E-state index in [0.717, 1.165) is 44.1 Å². The number of hydrogen-bond acceptors (Lipinski definition) is 4. The third-order valence-corrected chi connectivity index (χ3v) is 3.22. The molecule has 1 aliphatic heterocycles. The molecule has 1 fully saturated rings. The third kappa shape index (κ3) is 3.41. The number of rotatable bonds is 4. The van der Waals surface area contributed by atoms with Gasteiger partial charge in [-0.15, -0.1) is 0 Å². The molecular weight excluding hydrogens is 216 g/mol. The second-order valence-corrected chi connectivity index (χ2v) is 4.58. The van der Waals surface area contributed by atoms with E-state index in [0.29, 0.717) is 5.92 Å². The van der Waals surface area contributed by atoms with Gasteiger partial charge in [0.15, 0.2) is 0 Å². The predicted octanol–water partition coefficient (Wildman–Crippen LogP) is 1.44. The Labute approximate surface area is 102 Å². The second-order valence-electron chi connectivity index (χ2n) is 4.58. The monoisotopic (exact) mass is 236 g/mol. The third-order valence-electron chi connectivity index (χ3n) is 3.22. The van der Waals surface area contributed by atoms with Crippen molar-refractivity contribution in [2.45, 2.75) is 19.4 Å². The number of aliphatic hydroxyl groups excluding tert-OH is 1. The van der Waals surface area contributed by atoms with Gasteiger partial charge in [0.05, 0.1) is 12.3 Å². The van der Waals surface area contributed by atoms with Crippen molar-refractivity contribution in [2.24, 2.45) is 5.92 Å². The van der Waals surface area contributed by atoms with Crippen molar-refractivity contribution in [3.8, 4) is 0 Å². The number of aromatic nitrogens is 1. The summed E-state index contributed by atoms with van der Waals surface area (Å²) in [6.45, 7) is 2.76. The molecule has 0 radical (unpaired) electrons. The highest BCUT2D eigenvalue weighted by Gasteiger charge is 2.16. The van der Waals surface area contributed by atoms with Crippen LogP contribution in [0.25, 0.3) is 0 Å². The summed E-state index contributed by atoms with van der Waals surface area (Å²) < 4.78 is 5.36. The fourth-order valence-corrected chi connectivity index (χ4v) is 2.18. The average Bonchev–Trinajstić information content (AvgIpc) is 2.40. The molecule has 4 heteroatoms. The molecule has 0 unspecified atom stereocenters. The van der Waals surface area contributed by atoms with E-state index in [1.165, 1.54) is 0 Å². The lowest BCUT2D eigenvalue weighted by molar-refractivity contribution is 0.0685. The van der Waals surface area contributed by atoms with Crippen LogP contribution in [0, 0.1) is 5.92 Å². The zero-order valence-electron chi connectivity index (χ0n) is 10.3. The van der Waals surface area contributed by atoms with Crippen molar-refractivity contribution in [2.75, 3.05) is 31.7 Å². The molecule has 0 spiro atoms. The topological polar surface area (TPSA) is 45.6 Å². The number of nitrogens with zero attached hydrogens (tertiary/aromatic N) is 2. The zero-order chi connectivity index (χ0) is 12.1. The summed E-state index contributed by atoms with van der Waals surface area (Å²) in [7, 11) is 2.05. The molecular formula is C13H20N2O2. The first kappa shape index (κ1) is 12.3. The fraction of sp³-hybridized carbons (Fsp3) is 0.615. The first-order valence-electron chi connectivity index (χ1n) is 6.15. The van der Waals surface area contributed by atoms with Gasteiger partial charge >= 0.3 is 0 Å². The average molecular weight is 236 g/mol. The normalized spacial score (nSPS) is 17.1. The number of hydrogen-bond donors (Lipinski definition) is 1. The van der Waals surface area contributed by atoms with Crippen LogP contribution in [0.4, 0.5) is 5.82 Å². The molecule has 4 nitrogen and oxygen atoms in total. The van der Waals surface area contributed by atoms with Gasteiger partial charge in [0.25, 0.3) is 0 Å². The first-order chi connectivity index (χ1) is 8.29. The van der Waals surface area contributed by atoms with Crippen molar-refractivity contribution >= 4 is 5.82 Å². The van der Waals surface area contributed by atoms with Crippen molar-refractivity contribution in [3.05, 3.63) is 23.9 Å². The highest BCUT2D eigenvalue weighted by atomic mass is 16.5. The molecule has 0 aromatic carbocycles. The van der Waals surface area contributed by atoms with Gasteiger partial charge in [-0.05, 0) is 30.9 Å². The largest absolute Gasteiger partial charge is 0.390 e.